The van der Waals surface area contributed by atoms with Crippen molar-refractivity contribution < 1.29 is 4.79 Å². The molecule has 0 atom stereocenters. The SMILES string of the molecule is O=C(Cc1ccccc1Br)c1ncn[nH]1. The first kappa shape index (κ1) is 10.0. The van der Waals surface area contributed by atoms with Crippen molar-refractivity contribution in [2.75, 3.05) is 0 Å². The molecule has 1 heterocycles. The van der Waals surface area contributed by atoms with Crippen LogP contribution in [-0.4, -0.2) is 21.0 Å². The Labute approximate surface area is 94.9 Å². The number of aromatic amines is 1. The zero-order valence-corrected chi connectivity index (χ0v) is 9.36. The van der Waals surface area contributed by atoms with Crippen molar-refractivity contribution in [1.29, 1.82) is 0 Å². The average Bonchev–Trinajstić information content (AvgIpc) is 2.74. The molecule has 5 heteroatoms. The molecular formula is C10H8BrN3O. The van der Waals surface area contributed by atoms with Gasteiger partial charge in [-0.3, -0.25) is 9.89 Å². The van der Waals surface area contributed by atoms with E-state index in [4.69, 9.17) is 0 Å². The van der Waals surface area contributed by atoms with Gasteiger partial charge in [-0.2, -0.15) is 5.10 Å². The fourth-order valence-corrected chi connectivity index (χ4v) is 1.66. The normalized spacial score (nSPS) is 10.2. The first-order valence-electron chi connectivity index (χ1n) is 4.39. The summed E-state index contributed by atoms with van der Waals surface area (Å²) in [4.78, 5) is 15.5. The molecule has 0 bridgehead atoms. The minimum absolute atomic E-state index is 0.0700. The van der Waals surface area contributed by atoms with Gasteiger partial charge in [0.15, 0.2) is 5.82 Å². The Balaban J connectivity index is 2.17. The average molecular weight is 266 g/mol. The van der Waals surface area contributed by atoms with Crippen LogP contribution < -0.4 is 0 Å². The number of carbonyl (C=O) groups is 1. The first-order valence-corrected chi connectivity index (χ1v) is 5.18. The maximum atomic E-state index is 11.7. The van der Waals surface area contributed by atoms with E-state index in [1.807, 2.05) is 24.3 Å². The number of carbonyl (C=O) groups excluding carboxylic acids is 1. The van der Waals surface area contributed by atoms with Gasteiger partial charge in [-0.05, 0) is 11.6 Å². The van der Waals surface area contributed by atoms with E-state index in [2.05, 4.69) is 31.1 Å². The molecule has 76 valence electrons. The Bertz CT molecular complexity index is 467. The van der Waals surface area contributed by atoms with Crippen LogP contribution in [0.25, 0.3) is 0 Å². The van der Waals surface area contributed by atoms with E-state index < -0.39 is 0 Å². The van der Waals surface area contributed by atoms with Crippen LogP contribution in [0.4, 0.5) is 0 Å². The van der Waals surface area contributed by atoms with Crippen molar-refractivity contribution in [1.82, 2.24) is 15.2 Å². The van der Waals surface area contributed by atoms with Crippen LogP contribution in [0.3, 0.4) is 0 Å². The molecule has 0 amide bonds. The minimum Gasteiger partial charge on any atom is -0.290 e. The minimum atomic E-state index is -0.0700. The number of aromatic nitrogens is 3. The highest BCUT2D eigenvalue weighted by Gasteiger charge is 2.11. The Morgan fingerprint density at radius 1 is 1.40 bits per heavy atom. The van der Waals surface area contributed by atoms with Gasteiger partial charge in [0.1, 0.15) is 6.33 Å². The number of Topliss-reactive ketones (excluding diaryl/α,β-unsaturated/α-hetero) is 1. The molecule has 1 N–H and O–H groups in total. The van der Waals surface area contributed by atoms with Crippen molar-refractivity contribution in [3.05, 3.63) is 46.5 Å². The topological polar surface area (TPSA) is 58.6 Å². The molecule has 0 saturated heterocycles. The van der Waals surface area contributed by atoms with Crippen molar-refractivity contribution in [2.45, 2.75) is 6.42 Å². The molecule has 0 saturated carbocycles. The number of H-pyrrole nitrogens is 1. The van der Waals surface area contributed by atoms with Gasteiger partial charge in [0.25, 0.3) is 0 Å². The molecule has 0 aliphatic carbocycles. The van der Waals surface area contributed by atoms with E-state index in [1.54, 1.807) is 0 Å². The lowest BCUT2D eigenvalue weighted by atomic mass is 10.1. The fraction of sp³-hybridized carbons (Fsp3) is 0.100. The lowest BCUT2D eigenvalue weighted by Crippen LogP contribution is -2.06. The molecule has 1 aromatic carbocycles. The van der Waals surface area contributed by atoms with Crippen LogP contribution >= 0.6 is 15.9 Å². The fourth-order valence-electron chi connectivity index (χ4n) is 1.24. The van der Waals surface area contributed by atoms with Crippen LogP contribution in [0.2, 0.25) is 0 Å². The summed E-state index contributed by atoms with van der Waals surface area (Å²) >= 11 is 3.39. The summed E-state index contributed by atoms with van der Waals surface area (Å²) in [6.45, 7) is 0. The molecule has 2 rings (SSSR count). The quantitative estimate of drug-likeness (QED) is 0.864. The Kier molecular flexibility index (Phi) is 2.91. The standard InChI is InChI=1S/C10H8BrN3O/c11-8-4-2-1-3-7(8)5-9(15)10-12-6-13-14-10/h1-4,6H,5H2,(H,12,13,14). The zero-order valence-electron chi connectivity index (χ0n) is 7.77. The molecule has 0 aliphatic rings. The third-order valence-corrected chi connectivity index (χ3v) is 2.76. The van der Waals surface area contributed by atoms with E-state index in [0.717, 1.165) is 10.0 Å². The monoisotopic (exact) mass is 265 g/mol. The number of rotatable bonds is 3. The molecule has 0 fully saturated rings. The molecule has 4 nitrogen and oxygen atoms in total. The van der Waals surface area contributed by atoms with Crippen molar-refractivity contribution >= 4 is 21.7 Å². The van der Waals surface area contributed by atoms with E-state index in [9.17, 15) is 4.79 Å². The van der Waals surface area contributed by atoms with Gasteiger partial charge < -0.3 is 0 Å². The van der Waals surface area contributed by atoms with E-state index in [-0.39, 0.29) is 5.78 Å². The molecule has 0 spiro atoms. The van der Waals surface area contributed by atoms with Gasteiger partial charge in [0.05, 0.1) is 0 Å². The highest BCUT2D eigenvalue weighted by atomic mass is 79.9. The maximum Gasteiger partial charge on any atom is 0.203 e. The third kappa shape index (κ3) is 2.30. The number of hydrogen-bond donors (Lipinski definition) is 1. The molecule has 0 unspecified atom stereocenters. The molecule has 1 aromatic heterocycles. The molecule has 15 heavy (non-hydrogen) atoms. The predicted molar refractivity (Wildman–Crippen MR) is 58.6 cm³/mol. The van der Waals surface area contributed by atoms with E-state index in [0.29, 0.717) is 12.2 Å². The van der Waals surface area contributed by atoms with Gasteiger partial charge in [-0.25, -0.2) is 4.98 Å². The predicted octanol–water partition coefficient (Wildman–Crippen LogP) is 1.99. The van der Waals surface area contributed by atoms with Crippen LogP contribution in [0, 0.1) is 0 Å². The smallest absolute Gasteiger partial charge is 0.203 e. The Morgan fingerprint density at radius 3 is 2.87 bits per heavy atom. The van der Waals surface area contributed by atoms with Gasteiger partial charge in [-0.15, -0.1) is 0 Å². The largest absolute Gasteiger partial charge is 0.290 e. The number of nitrogens with zero attached hydrogens (tertiary/aromatic N) is 2. The highest BCUT2D eigenvalue weighted by Crippen LogP contribution is 2.17. The van der Waals surface area contributed by atoms with Crippen LogP contribution in [-0.2, 0) is 6.42 Å². The maximum absolute atomic E-state index is 11.7. The summed E-state index contributed by atoms with van der Waals surface area (Å²) in [5, 5.41) is 6.19. The lowest BCUT2D eigenvalue weighted by molar-refractivity contribution is 0.0983. The zero-order chi connectivity index (χ0) is 10.7. The van der Waals surface area contributed by atoms with E-state index >= 15 is 0 Å². The Morgan fingerprint density at radius 2 is 2.20 bits per heavy atom. The van der Waals surface area contributed by atoms with Gasteiger partial charge in [-0.1, -0.05) is 34.1 Å². The second kappa shape index (κ2) is 4.35. The number of halogens is 1. The second-order valence-electron chi connectivity index (χ2n) is 3.03. The molecule has 0 radical (unpaired) electrons. The van der Waals surface area contributed by atoms with Crippen LogP contribution in [0.1, 0.15) is 16.2 Å². The van der Waals surface area contributed by atoms with Gasteiger partial charge in [0.2, 0.25) is 5.78 Å². The number of nitrogens with one attached hydrogen (secondary N) is 1. The molecule has 2 aromatic rings. The van der Waals surface area contributed by atoms with Gasteiger partial charge >= 0.3 is 0 Å². The number of ketones is 1. The lowest BCUT2D eigenvalue weighted by Gasteiger charge is -2.00. The van der Waals surface area contributed by atoms with Crippen molar-refractivity contribution in [3.63, 3.8) is 0 Å². The summed E-state index contributed by atoms with van der Waals surface area (Å²) in [5.41, 5.74) is 0.943. The second-order valence-corrected chi connectivity index (χ2v) is 3.88. The summed E-state index contributed by atoms with van der Waals surface area (Å²) < 4.78 is 0.929. The summed E-state index contributed by atoms with van der Waals surface area (Å²) in [6, 6.07) is 7.61. The van der Waals surface area contributed by atoms with Crippen LogP contribution in [0.15, 0.2) is 35.1 Å². The van der Waals surface area contributed by atoms with Crippen molar-refractivity contribution in [2.24, 2.45) is 0 Å². The van der Waals surface area contributed by atoms with E-state index in [1.165, 1.54) is 6.33 Å². The van der Waals surface area contributed by atoms with Gasteiger partial charge in [0, 0.05) is 10.9 Å². The van der Waals surface area contributed by atoms with Crippen LogP contribution in [0.5, 0.6) is 0 Å². The number of benzene rings is 1. The molecule has 0 aliphatic heterocycles. The summed E-state index contributed by atoms with van der Waals surface area (Å²) in [6.07, 6.45) is 1.64. The van der Waals surface area contributed by atoms with Crippen molar-refractivity contribution in [3.8, 4) is 0 Å². The Hall–Kier alpha value is -1.49. The summed E-state index contributed by atoms with van der Waals surface area (Å²) in [7, 11) is 0. The first-order chi connectivity index (χ1) is 7.27. The number of hydrogen-bond acceptors (Lipinski definition) is 3. The summed E-state index contributed by atoms with van der Waals surface area (Å²) in [5.74, 6) is 0.227. The third-order valence-electron chi connectivity index (χ3n) is 1.99. The molecular weight excluding hydrogens is 258 g/mol. The highest BCUT2D eigenvalue weighted by molar-refractivity contribution is 9.10.